The second-order valence-electron chi connectivity index (χ2n) is 4.77. The molecule has 2 nitrogen and oxygen atoms in total. The van der Waals surface area contributed by atoms with Crippen molar-refractivity contribution in [1.29, 1.82) is 0 Å². The lowest BCUT2D eigenvalue weighted by Gasteiger charge is -2.21. The molecule has 2 rings (SSSR count). The molecular weight excluding hydrogens is 206 g/mol. The van der Waals surface area contributed by atoms with E-state index in [1.807, 2.05) is 0 Å². The topological polar surface area (TPSA) is 23.5 Å². The molecule has 0 saturated carbocycles. The van der Waals surface area contributed by atoms with Gasteiger partial charge >= 0.3 is 0 Å². The summed E-state index contributed by atoms with van der Waals surface area (Å²) >= 11 is 1.78. The molecule has 84 valence electrons. The highest BCUT2D eigenvalue weighted by atomic mass is 32.1. The second-order valence-corrected chi connectivity index (χ2v) is 5.80. The van der Waals surface area contributed by atoms with E-state index in [0.29, 0.717) is 6.04 Å². The zero-order valence-corrected chi connectivity index (χ0v) is 10.3. The van der Waals surface area contributed by atoms with Gasteiger partial charge in [0.15, 0.2) is 0 Å². The fourth-order valence-corrected chi connectivity index (χ4v) is 3.09. The second kappa shape index (κ2) is 4.24. The molecule has 0 amide bonds. The van der Waals surface area contributed by atoms with Crippen molar-refractivity contribution in [2.24, 2.45) is 0 Å². The van der Waals surface area contributed by atoms with Crippen molar-refractivity contribution in [1.82, 2.24) is 4.90 Å². The van der Waals surface area contributed by atoms with Crippen LogP contribution in [0.15, 0.2) is 17.5 Å². The Hall–Kier alpha value is -0.380. The minimum Gasteiger partial charge on any atom is -0.388 e. The number of likely N-dealkylation sites (tertiary alicyclic amines) is 1. The number of hydrogen-bond donors (Lipinski definition) is 1. The van der Waals surface area contributed by atoms with Crippen LogP contribution < -0.4 is 0 Å². The predicted octanol–water partition coefficient (Wildman–Crippen LogP) is 2.14. The van der Waals surface area contributed by atoms with Crippen LogP contribution in [0, 0.1) is 0 Å². The van der Waals surface area contributed by atoms with Gasteiger partial charge in [-0.25, -0.2) is 0 Å². The molecule has 0 spiro atoms. The van der Waals surface area contributed by atoms with Gasteiger partial charge in [0.1, 0.15) is 0 Å². The standard InChI is InChI=1S/C12H19NOS/c1-10-8-12(14,9-13(10)2)6-5-11-4-3-7-15-11/h3-4,7,10,14H,5-6,8-9H2,1-2H3. The molecule has 1 aromatic heterocycles. The Morgan fingerprint density at radius 3 is 3.00 bits per heavy atom. The normalized spacial score (nSPS) is 32.3. The molecule has 1 aliphatic rings. The molecule has 1 aromatic rings. The smallest absolute Gasteiger partial charge is 0.0792 e. The fourth-order valence-electron chi connectivity index (χ4n) is 2.38. The summed E-state index contributed by atoms with van der Waals surface area (Å²) < 4.78 is 0. The van der Waals surface area contributed by atoms with Gasteiger partial charge < -0.3 is 10.0 Å². The third kappa shape index (κ3) is 2.60. The van der Waals surface area contributed by atoms with E-state index < -0.39 is 5.60 Å². The van der Waals surface area contributed by atoms with Crippen molar-refractivity contribution in [3.8, 4) is 0 Å². The van der Waals surface area contributed by atoms with Crippen LogP contribution in [0.5, 0.6) is 0 Å². The average Bonchev–Trinajstić information content (AvgIpc) is 2.74. The number of aryl methyl sites for hydroxylation is 1. The SMILES string of the molecule is CC1CC(O)(CCc2cccs2)CN1C. The molecule has 1 saturated heterocycles. The quantitative estimate of drug-likeness (QED) is 0.852. The van der Waals surface area contributed by atoms with Gasteiger partial charge in [0.2, 0.25) is 0 Å². The number of rotatable bonds is 3. The van der Waals surface area contributed by atoms with Gasteiger partial charge in [-0.05, 0) is 44.7 Å². The monoisotopic (exact) mass is 225 g/mol. The van der Waals surface area contributed by atoms with Gasteiger partial charge in [-0.3, -0.25) is 0 Å². The number of nitrogens with zero attached hydrogens (tertiary/aromatic N) is 1. The molecule has 0 aromatic carbocycles. The maximum absolute atomic E-state index is 10.4. The summed E-state index contributed by atoms with van der Waals surface area (Å²) in [6, 6.07) is 4.74. The highest BCUT2D eigenvalue weighted by molar-refractivity contribution is 7.09. The molecule has 0 bridgehead atoms. The van der Waals surface area contributed by atoms with E-state index in [-0.39, 0.29) is 0 Å². The Kier molecular flexibility index (Phi) is 3.14. The maximum atomic E-state index is 10.4. The molecule has 1 fully saturated rings. The number of likely N-dealkylation sites (N-methyl/N-ethyl adjacent to an activating group) is 1. The zero-order chi connectivity index (χ0) is 10.9. The van der Waals surface area contributed by atoms with Gasteiger partial charge in [0.05, 0.1) is 5.60 Å². The molecule has 2 heterocycles. The first-order valence-corrected chi connectivity index (χ1v) is 6.42. The summed E-state index contributed by atoms with van der Waals surface area (Å²) in [7, 11) is 2.09. The molecule has 1 aliphatic heterocycles. The number of hydrogen-bond acceptors (Lipinski definition) is 3. The van der Waals surface area contributed by atoms with Crippen LogP contribution in [-0.2, 0) is 6.42 Å². The van der Waals surface area contributed by atoms with Gasteiger partial charge in [0, 0.05) is 17.5 Å². The number of β-amino-alcohol motifs (C(OH)–C–C–N with tert-alkyl or cyclic N) is 1. The van der Waals surface area contributed by atoms with Crippen molar-refractivity contribution in [2.75, 3.05) is 13.6 Å². The largest absolute Gasteiger partial charge is 0.388 e. The van der Waals surface area contributed by atoms with Gasteiger partial charge in [0.25, 0.3) is 0 Å². The number of thiophene rings is 1. The first-order chi connectivity index (χ1) is 7.09. The molecule has 0 radical (unpaired) electrons. The first-order valence-electron chi connectivity index (χ1n) is 5.54. The van der Waals surface area contributed by atoms with Crippen LogP contribution in [0.2, 0.25) is 0 Å². The van der Waals surface area contributed by atoms with Gasteiger partial charge in [-0.1, -0.05) is 6.07 Å². The summed E-state index contributed by atoms with van der Waals surface area (Å²) in [6.07, 6.45) is 2.81. The molecule has 3 heteroatoms. The van der Waals surface area contributed by atoms with Crippen LogP contribution in [0.25, 0.3) is 0 Å². The van der Waals surface area contributed by atoms with Crippen LogP contribution in [0.1, 0.15) is 24.6 Å². The van der Waals surface area contributed by atoms with Crippen molar-refractivity contribution >= 4 is 11.3 Å². The predicted molar refractivity (Wildman–Crippen MR) is 64.3 cm³/mol. The van der Waals surface area contributed by atoms with E-state index in [9.17, 15) is 5.11 Å². The molecular formula is C12H19NOS. The van der Waals surface area contributed by atoms with Crippen LogP contribution in [0.4, 0.5) is 0 Å². The van der Waals surface area contributed by atoms with E-state index in [1.54, 1.807) is 11.3 Å². The lowest BCUT2D eigenvalue weighted by atomic mass is 9.94. The van der Waals surface area contributed by atoms with Crippen LogP contribution >= 0.6 is 11.3 Å². The van der Waals surface area contributed by atoms with E-state index in [2.05, 4.69) is 36.4 Å². The summed E-state index contributed by atoms with van der Waals surface area (Å²) in [4.78, 5) is 3.62. The molecule has 2 unspecified atom stereocenters. The highest BCUT2D eigenvalue weighted by Gasteiger charge is 2.38. The van der Waals surface area contributed by atoms with E-state index in [1.165, 1.54) is 4.88 Å². The van der Waals surface area contributed by atoms with Crippen molar-refractivity contribution in [3.63, 3.8) is 0 Å². The lowest BCUT2D eigenvalue weighted by molar-refractivity contribution is 0.0433. The third-order valence-corrected chi connectivity index (χ3v) is 4.32. The third-order valence-electron chi connectivity index (χ3n) is 3.39. The summed E-state index contributed by atoms with van der Waals surface area (Å²) in [6.45, 7) is 3.00. The summed E-state index contributed by atoms with van der Waals surface area (Å²) in [5.41, 5.74) is -0.460. The average molecular weight is 225 g/mol. The Bertz CT molecular complexity index is 299. The molecule has 2 atom stereocenters. The van der Waals surface area contributed by atoms with E-state index in [4.69, 9.17) is 0 Å². The van der Waals surface area contributed by atoms with Crippen molar-refractivity contribution in [3.05, 3.63) is 22.4 Å². The van der Waals surface area contributed by atoms with E-state index in [0.717, 1.165) is 25.8 Å². The van der Waals surface area contributed by atoms with Gasteiger partial charge in [-0.15, -0.1) is 11.3 Å². The first kappa shape index (κ1) is 11.1. The van der Waals surface area contributed by atoms with E-state index >= 15 is 0 Å². The zero-order valence-electron chi connectivity index (χ0n) is 9.44. The van der Waals surface area contributed by atoms with Crippen LogP contribution in [0.3, 0.4) is 0 Å². The van der Waals surface area contributed by atoms with Gasteiger partial charge in [-0.2, -0.15) is 0 Å². The number of aliphatic hydroxyl groups is 1. The summed E-state index contributed by atoms with van der Waals surface area (Å²) in [5.74, 6) is 0. The maximum Gasteiger partial charge on any atom is 0.0792 e. The Balaban J connectivity index is 1.89. The lowest BCUT2D eigenvalue weighted by Crippen LogP contribution is -2.32. The fraction of sp³-hybridized carbons (Fsp3) is 0.667. The minimum atomic E-state index is -0.460. The molecule has 0 aliphatic carbocycles. The Morgan fingerprint density at radius 1 is 1.67 bits per heavy atom. The van der Waals surface area contributed by atoms with Crippen molar-refractivity contribution in [2.45, 2.75) is 37.8 Å². The minimum absolute atomic E-state index is 0.460. The Morgan fingerprint density at radius 2 is 2.47 bits per heavy atom. The van der Waals surface area contributed by atoms with Crippen molar-refractivity contribution < 1.29 is 5.11 Å². The highest BCUT2D eigenvalue weighted by Crippen LogP contribution is 2.30. The summed E-state index contributed by atoms with van der Waals surface area (Å²) in [5, 5.41) is 12.5. The molecule has 1 N–H and O–H groups in total. The Labute approximate surface area is 95.5 Å². The van der Waals surface area contributed by atoms with Crippen LogP contribution in [-0.4, -0.2) is 35.2 Å². The molecule has 15 heavy (non-hydrogen) atoms.